The molecule has 0 fully saturated rings. The number of rotatable bonds is 6. The van der Waals surface area contributed by atoms with Crippen molar-refractivity contribution in [2.45, 2.75) is 78.4 Å². The molecule has 0 N–H and O–H groups in total. The number of fused-ring (bicyclic) bond motifs is 8. The quantitative estimate of drug-likeness (QED) is 0.175. The first-order valence-corrected chi connectivity index (χ1v) is 18.8. The summed E-state index contributed by atoms with van der Waals surface area (Å²) in [6.45, 7) is 11.7. The molecule has 0 radical (unpaired) electrons. The SMILES string of the molecule is CCC1(CC)C(Cc2ccccc2N2c3cnc(-c4ccccc4C)nc3N(C)C2C)c2ccc3c(oc4ccccc43)c2N2C=CCC(C)C21. The van der Waals surface area contributed by atoms with E-state index in [1.54, 1.807) is 0 Å². The minimum atomic E-state index is 0.0703. The Hall–Kier alpha value is -5.10. The number of furan rings is 1. The van der Waals surface area contributed by atoms with E-state index >= 15 is 0 Å². The molecule has 6 heteroatoms. The first-order valence-electron chi connectivity index (χ1n) is 18.8. The number of hydrogen-bond acceptors (Lipinski definition) is 6. The van der Waals surface area contributed by atoms with Crippen LogP contribution in [0.2, 0.25) is 0 Å². The minimum absolute atomic E-state index is 0.0703. The molecule has 0 spiro atoms. The van der Waals surface area contributed by atoms with Crippen LogP contribution in [0.15, 0.2) is 108 Å². The van der Waals surface area contributed by atoms with Crippen LogP contribution in [0.25, 0.3) is 33.3 Å². The van der Waals surface area contributed by atoms with Crippen LogP contribution >= 0.6 is 0 Å². The van der Waals surface area contributed by atoms with Crippen LogP contribution < -0.4 is 14.7 Å². The lowest BCUT2D eigenvalue weighted by Crippen LogP contribution is -2.57. The molecule has 6 nitrogen and oxygen atoms in total. The van der Waals surface area contributed by atoms with Crippen LogP contribution in [0.4, 0.5) is 22.9 Å². The average Bonchev–Trinajstić information content (AvgIpc) is 3.66. The van der Waals surface area contributed by atoms with Gasteiger partial charge in [0.05, 0.1) is 11.9 Å². The monoisotopic (exact) mass is 673 g/mol. The molecule has 0 saturated heterocycles. The lowest BCUT2D eigenvalue weighted by Gasteiger charge is -2.58. The number of nitrogens with zero attached hydrogens (tertiary/aromatic N) is 5. The highest BCUT2D eigenvalue weighted by molar-refractivity contribution is 6.10. The van der Waals surface area contributed by atoms with E-state index in [4.69, 9.17) is 14.4 Å². The van der Waals surface area contributed by atoms with Crippen molar-refractivity contribution >= 4 is 44.8 Å². The molecule has 3 aliphatic heterocycles. The highest BCUT2D eigenvalue weighted by Gasteiger charge is 2.53. The fraction of sp³-hybridized carbons (Fsp3) is 0.333. The zero-order chi connectivity index (χ0) is 35.0. The molecule has 5 heterocycles. The lowest BCUT2D eigenvalue weighted by atomic mass is 9.56. The van der Waals surface area contributed by atoms with Crippen molar-refractivity contribution in [2.24, 2.45) is 11.3 Å². The molecule has 4 unspecified atom stereocenters. The molecular weight excluding hydrogens is 627 g/mol. The molecule has 3 aliphatic rings. The Balaban J connectivity index is 1.20. The fourth-order valence-electron chi connectivity index (χ4n) is 10.0. The van der Waals surface area contributed by atoms with Gasteiger partial charge in [0.1, 0.15) is 17.4 Å². The van der Waals surface area contributed by atoms with E-state index in [0.29, 0.717) is 17.9 Å². The summed E-state index contributed by atoms with van der Waals surface area (Å²) in [6.07, 6.45) is 11.1. The van der Waals surface area contributed by atoms with Gasteiger partial charge in [0.2, 0.25) is 0 Å². The summed E-state index contributed by atoms with van der Waals surface area (Å²) in [5, 5.41) is 2.38. The maximum Gasteiger partial charge on any atom is 0.161 e. The molecule has 4 atom stereocenters. The summed E-state index contributed by atoms with van der Waals surface area (Å²) in [5.41, 5.74) is 10.6. The maximum atomic E-state index is 6.78. The van der Waals surface area contributed by atoms with Gasteiger partial charge >= 0.3 is 0 Å². The third-order valence-corrected chi connectivity index (χ3v) is 12.7. The molecule has 0 saturated carbocycles. The zero-order valence-corrected chi connectivity index (χ0v) is 30.6. The number of para-hydroxylation sites is 2. The molecule has 2 aromatic heterocycles. The van der Waals surface area contributed by atoms with Gasteiger partial charge in [-0.1, -0.05) is 99.6 Å². The Morgan fingerprint density at radius 1 is 0.863 bits per heavy atom. The molecule has 0 bridgehead atoms. The van der Waals surface area contributed by atoms with Crippen LogP contribution in [0.1, 0.15) is 69.6 Å². The second kappa shape index (κ2) is 12.0. The normalized spacial score (nSPS) is 22.0. The highest BCUT2D eigenvalue weighted by atomic mass is 16.3. The third-order valence-electron chi connectivity index (χ3n) is 12.7. The van der Waals surface area contributed by atoms with Crippen LogP contribution in [-0.2, 0) is 6.42 Å². The Kier molecular flexibility index (Phi) is 7.50. The average molecular weight is 674 g/mol. The van der Waals surface area contributed by atoms with Crippen molar-refractivity contribution in [3.8, 4) is 11.4 Å². The van der Waals surface area contributed by atoms with E-state index < -0.39 is 0 Å². The van der Waals surface area contributed by atoms with E-state index in [1.165, 1.54) is 38.8 Å². The van der Waals surface area contributed by atoms with Crippen molar-refractivity contribution in [3.05, 3.63) is 120 Å². The summed E-state index contributed by atoms with van der Waals surface area (Å²) in [5.74, 6) is 2.55. The van der Waals surface area contributed by atoms with E-state index in [2.05, 4.69) is 154 Å². The molecule has 51 heavy (non-hydrogen) atoms. The van der Waals surface area contributed by atoms with Gasteiger partial charge < -0.3 is 19.1 Å². The van der Waals surface area contributed by atoms with Crippen LogP contribution in [0, 0.1) is 18.3 Å². The Bertz CT molecular complexity index is 2320. The summed E-state index contributed by atoms with van der Waals surface area (Å²) >= 11 is 0. The van der Waals surface area contributed by atoms with Crippen molar-refractivity contribution in [1.82, 2.24) is 9.97 Å². The van der Waals surface area contributed by atoms with Gasteiger partial charge in [0, 0.05) is 41.3 Å². The second-order valence-corrected chi connectivity index (χ2v) is 15.1. The zero-order valence-electron chi connectivity index (χ0n) is 30.6. The second-order valence-electron chi connectivity index (χ2n) is 15.1. The smallest absolute Gasteiger partial charge is 0.161 e. The maximum absolute atomic E-state index is 6.78. The number of hydrogen-bond donors (Lipinski definition) is 0. The number of aromatic nitrogens is 2. The van der Waals surface area contributed by atoms with Gasteiger partial charge in [-0.05, 0) is 85.6 Å². The van der Waals surface area contributed by atoms with Gasteiger partial charge in [-0.3, -0.25) is 0 Å². The van der Waals surface area contributed by atoms with Crippen molar-refractivity contribution in [1.29, 1.82) is 0 Å². The van der Waals surface area contributed by atoms with E-state index in [-0.39, 0.29) is 11.6 Å². The first kappa shape index (κ1) is 31.9. The predicted octanol–water partition coefficient (Wildman–Crippen LogP) is 11.2. The van der Waals surface area contributed by atoms with E-state index in [0.717, 1.165) is 59.7 Å². The molecule has 0 amide bonds. The molecule has 9 rings (SSSR count). The third kappa shape index (κ3) is 4.61. The van der Waals surface area contributed by atoms with Gasteiger partial charge in [-0.25, -0.2) is 9.97 Å². The summed E-state index contributed by atoms with van der Waals surface area (Å²) in [7, 11) is 2.16. The summed E-state index contributed by atoms with van der Waals surface area (Å²) in [6, 6.07) is 31.0. The largest absolute Gasteiger partial charge is 0.454 e. The van der Waals surface area contributed by atoms with E-state index in [1.807, 2.05) is 6.20 Å². The Morgan fingerprint density at radius 3 is 2.45 bits per heavy atom. The predicted molar refractivity (Wildman–Crippen MR) is 211 cm³/mol. The Labute approximate surface area is 301 Å². The number of anilines is 4. The van der Waals surface area contributed by atoms with Crippen LogP contribution in [0.3, 0.4) is 0 Å². The number of benzene rings is 4. The Morgan fingerprint density at radius 2 is 1.63 bits per heavy atom. The topological polar surface area (TPSA) is 48.6 Å². The number of aryl methyl sites for hydroxylation is 1. The van der Waals surface area contributed by atoms with Crippen LogP contribution in [-0.4, -0.2) is 29.2 Å². The van der Waals surface area contributed by atoms with Crippen LogP contribution in [0.5, 0.6) is 0 Å². The molecule has 4 aromatic carbocycles. The summed E-state index contributed by atoms with van der Waals surface area (Å²) < 4.78 is 6.78. The minimum Gasteiger partial charge on any atom is -0.454 e. The summed E-state index contributed by atoms with van der Waals surface area (Å²) in [4.78, 5) is 17.5. The molecule has 258 valence electrons. The molecule has 0 aliphatic carbocycles. The fourth-order valence-corrected chi connectivity index (χ4v) is 10.0. The number of allylic oxidation sites excluding steroid dienone is 1. The van der Waals surface area contributed by atoms with Crippen molar-refractivity contribution < 1.29 is 4.42 Å². The first-order chi connectivity index (χ1) is 24.9. The lowest BCUT2D eigenvalue weighted by molar-refractivity contribution is 0.103. The van der Waals surface area contributed by atoms with Gasteiger partial charge in [-0.2, -0.15) is 0 Å². The standard InChI is InChI=1S/C45H47N5O/c1-7-45(8-2)36(35-24-23-34-33-20-12-14-22-39(33)51-41(34)40(35)49-25-15-17-29(4)42(45)49)26-31-18-10-13-21-37(31)50-30(5)48(6)44-38(50)27-46-43(47-44)32-19-11-9-16-28(32)3/h9-16,18-25,27,29-30,36,42H,7-8,17,26H2,1-6H3. The van der Waals surface area contributed by atoms with E-state index in [9.17, 15) is 0 Å². The van der Waals surface area contributed by atoms with Gasteiger partial charge in [0.25, 0.3) is 0 Å². The molecule has 6 aromatic rings. The van der Waals surface area contributed by atoms with Crippen molar-refractivity contribution in [2.75, 3.05) is 21.7 Å². The molecular formula is C45H47N5O. The van der Waals surface area contributed by atoms with Gasteiger partial charge in [0.15, 0.2) is 17.2 Å². The van der Waals surface area contributed by atoms with Crippen molar-refractivity contribution in [3.63, 3.8) is 0 Å². The highest BCUT2D eigenvalue weighted by Crippen LogP contribution is 2.60. The van der Waals surface area contributed by atoms with Gasteiger partial charge in [-0.15, -0.1) is 0 Å².